The van der Waals surface area contributed by atoms with Gasteiger partial charge >= 0.3 is 11.9 Å². The van der Waals surface area contributed by atoms with E-state index in [-0.39, 0.29) is 35.1 Å². The number of carbonyl (C=O) groups is 3. The molecule has 5 saturated heterocycles. The second kappa shape index (κ2) is 11.0. The van der Waals surface area contributed by atoms with Gasteiger partial charge in [0.05, 0.1) is 49.4 Å². The Bertz CT molecular complexity index is 2080. The van der Waals surface area contributed by atoms with Crippen molar-refractivity contribution in [2.24, 2.45) is 27.7 Å². The molecule has 7 aliphatic heterocycles. The maximum Gasteiger partial charge on any atom is 0.335 e. The number of aliphatic imine (C=N–C) groups is 1. The molecule has 278 valence electrons. The van der Waals surface area contributed by atoms with Crippen LogP contribution in [0.4, 0.5) is 5.69 Å². The van der Waals surface area contributed by atoms with Gasteiger partial charge in [0, 0.05) is 54.8 Å². The number of ketones is 1. The second-order valence-corrected chi connectivity index (χ2v) is 17.0. The molecule has 0 radical (unpaired) electrons. The number of anilines is 1. The Kier molecular flexibility index (Phi) is 6.98. The topological polar surface area (TPSA) is 101 Å². The number of carbonyl (C=O) groups excluding carboxylic acids is 3. The highest BCUT2D eigenvalue weighted by molar-refractivity contribution is 6.37. The van der Waals surface area contributed by atoms with E-state index < -0.39 is 22.4 Å². The van der Waals surface area contributed by atoms with Crippen LogP contribution in [-0.2, 0) is 29.3 Å². The molecular weight excluding hydrogens is 668 g/mol. The number of likely N-dealkylation sites (N-methyl/N-ethyl adjacent to an activating group) is 1. The molecule has 6 fully saturated rings. The first-order valence-electron chi connectivity index (χ1n) is 19.7. The molecule has 0 N–H and O–H groups in total. The van der Waals surface area contributed by atoms with E-state index in [0.29, 0.717) is 17.7 Å². The zero-order valence-corrected chi connectivity index (χ0v) is 31.8. The molecule has 8 unspecified atom stereocenters. The summed E-state index contributed by atoms with van der Waals surface area (Å²) < 4.78 is 17.2. The number of methoxy groups -OCH3 is 3. The van der Waals surface area contributed by atoms with Crippen molar-refractivity contribution in [1.29, 1.82) is 0 Å². The van der Waals surface area contributed by atoms with E-state index in [0.717, 1.165) is 110 Å². The van der Waals surface area contributed by atoms with Gasteiger partial charge in [0.1, 0.15) is 11.4 Å². The number of hydrogen-bond donors (Lipinski definition) is 0. The highest BCUT2D eigenvalue weighted by atomic mass is 16.5. The Labute approximate surface area is 311 Å². The van der Waals surface area contributed by atoms with Crippen LogP contribution in [-0.4, -0.2) is 99.5 Å². The van der Waals surface area contributed by atoms with Crippen LogP contribution in [0.25, 0.3) is 5.57 Å². The molecular formula is C43H50N4O6. The number of rotatable bonds is 5. The highest BCUT2D eigenvalue weighted by Crippen LogP contribution is 2.71. The molecule has 1 aromatic rings. The molecule has 1 aromatic carbocycles. The summed E-state index contributed by atoms with van der Waals surface area (Å²) in [5, 5.41) is 0. The van der Waals surface area contributed by atoms with Gasteiger partial charge in [-0.3, -0.25) is 24.4 Å². The first-order chi connectivity index (χ1) is 25.6. The van der Waals surface area contributed by atoms with Crippen LogP contribution in [0.5, 0.6) is 5.75 Å². The van der Waals surface area contributed by atoms with Crippen molar-refractivity contribution in [2.75, 3.05) is 59.5 Å². The maximum atomic E-state index is 14.7. The standard InChI is InChI=1S/C43H50N4O6/c1-7-24-23-47-17-14-42-29-20-33(48)26(19-31(29)44-43(42,47)12-10-25(24)35(42)38(50)53-6)27-18-30-32(21-34(27)51-4)45(3)36-28(37(49)52-5)22-40(8-2)11-9-15-46-16-13-41(30,36)39(40)46/h7,18-21,25,35,39H,8-17,22-23H2,1-6H3/b24-7-. The van der Waals surface area contributed by atoms with Crippen molar-refractivity contribution in [1.82, 2.24) is 9.80 Å². The number of benzene rings is 1. The van der Waals surface area contributed by atoms with Gasteiger partial charge in [-0.1, -0.05) is 18.6 Å². The van der Waals surface area contributed by atoms with E-state index in [4.69, 9.17) is 19.2 Å². The van der Waals surface area contributed by atoms with Crippen molar-refractivity contribution >= 4 is 34.7 Å². The zero-order valence-electron chi connectivity index (χ0n) is 31.8. The Morgan fingerprint density at radius 3 is 2.60 bits per heavy atom. The normalized spacial score (nSPS) is 39.4. The predicted molar refractivity (Wildman–Crippen MR) is 201 cm³/mol. The summed E-state index contributed by atoms with van der Waals surface area (Å²) in [5.74, 6) is -0.273. The van der Waals surface area contributed by atoms with E-state index in [1.807, 2.05) is 6.08 Å². The number of ether oxygens (including phenoxy) is 3. The zero-order chi connectivity index (χ0) is 36.8. The van der Waals surface area contributed by atoms with Gasteiger partial charge in [-0.2, -0.15) is 0 Å². The molecule has 1 saturated carbocycles. The van der Waals surface area contributed by atoms with Gasteiger partial charge < -0.3 is 19.1 Å². The number of hydrogen-bond acceptors (Lipinski definition) is 10. The highest BCUT2D eigenvalue weighted by Gasteiger charge is 2.75. The molecule has 0 amide bonds. The van der Waals surface area contributed by atoms with Crippen LogP contribution in [0.3, 0.4) is 0 Å². The monoisotopic (exact) mass is 718 g/mol. The van der Waals surface area contributed by atoms with Gasteiger partial charge in [-0.25, -0.2) is 4.79 Å². The van der Waals surface area contributed by atoms with Crippen molar-refractivity contribution < 1.29 is 28.6 Å². The number of piperidine rings is 1. The van der Waals surface area contributed by atoms with Crippen molar-refractivity contribution in [2.45, 2.75) is 82.3 Å². The lowest BCUT2D eigenvalue weighted by molar-refractivity contribution is -0.156. The summed E-state index contributed by atoms with van der Waals surface area (Å²) >= 11 is 0. The summed E-state index contributed by atoms with van der Waals surface area (Å²) in [6.07, 6.45) is 13.2. The third-order valence-corrected chi connectivity index (χ3v) is 15.8. The number of fused-ring (bicyclic) bond motifs is 4. The van der Waals surface area contributed by atoms with Crippen molar-refractivity contribution in [3.63, 3.8) is 0 Å². The Morgan fingerprint density at radius 1 is 1.04 bits per heavy atom. The van der Waals surface area contributed by atoms with E-state index in [1.165, 1.54) is 19.8 Å². The van der Waals surface area contributed by atoms with E-state index in [1.54, 1.807) is 13.2 Å². The first-order valence-corrected chi connectivity index (χ1v) is 19.7. The van der Waals surface area contributed by atoms with Crippen LogP contribution in [0.15, 0.2) is 57.8 Å². The Morgan fingerprint density at radius 2 is 1.87 bits per heavy atom. The van der Waals surface area contributed by atoms with E-state index >= 15 is 0 Å². The largest absolute Gasteiger partial charge is 0.496 e. The molecule has 10 aliphatic rings. The van der Waals surface area contributed by atoms with Gasteiger partial charge in [0.25, 0.3) is 0 Å². The summed E-state index contributed by atoms with van der Waals surface area (Å²) in [6.45, 7) is 7.97. The fourth-order valence-electron chi connectivity index (χ4n) is 13.9. The molecule has 3 aliphatic carbocycles. The molecule has 11 rings (SSSR count). The molecule has 0 aromatic heterocycles. The van der Waals surface area contributed by atoms with Crippen LogP contribution in [0.1, 0.15) is 76.3 Å². The molecule has 10 nitrogen and oxygen atoms in total. The fourth-order valence-corrected chi connectivity index (χ4v) is 13.9. The average Bonchev–Trinajstić information content (AvgIpc) is 3.83. The Balaban J connectivity index is 1.16. The number of nitrogens with zero attached hydrogens (tertiary/aromatic N) is 4. The SMILES string of the molecule is C/C=C1/CN2CCC34C5=CC(=O)C(c6cc7c(cc6OC)N(C)C6=C(C(=O)OC)CC8(CC)CCCN9CCC67C98)=CC5=NC23CCC1C4C(=O)OC. The molecule has 4 bridgehead atoms. The lowest BCUT2D eigenvalue weighted by Crippen LogP contribution is -2.60. The van der Waals surface area contributed by atoms with Gasteiger partial charge in [-0.05, 0) is 112 Å². The van der Waals surface area contributed by atoms with Crippen LogP contribution in [0, 0.1) is 22.7 Å². The molecule has 8 atom stereocenters. The quantitative estimate of drug-likeness (QED) is 0.226. The average molecular weight is 719 g/mol. The summed E-state index contributed by atoms with van der Waals surface area (Å²) in [7, 11) is 6.71. The van der Waals surface area contributed by atoms with Crippen LogP contribution < -0.4 is 9.64 Å². The van der Waals surface area contributed by atoms with E-state index in [9.17, 15) is 14.4 Å². The number of allylic oxidation sites excluding steroid dienone is 4. The molecule has 7 heterocycles. The minimum atomic E-state index is -0.617. The Hall–Kier alpha value is -4.02. The van der Waals surface area contributed by atoms with Crippen LogP contribution >= 0.6 is 0 Å². The third-order valence-electron chi connectivity index (χ3n) is 15.8. The molecule has 2 spiro atoms. The number of esters is 2. The minimum Gasteiger partial charge on any atom is -0.496 e. The van der Waals surface area contributed by atoms with Crippen molar-refractivity contribution in [3.8, 4) is 5.75 Å². The molecule has 10 heteroatoms. The predicted octanol–water partition coefficient (Wildman–Crippen LogP) is 5.37. The lowest BCUT2D eigenvalue weighted by Gasteiger charge is -2.56. The van der Waals surface area contributed by atoms with Crippen molar-refractivity contribution in [3.05, 3.63) is 63.9 Å². The van der Waals surface area contributed by atoms with Gasteiger partial charge in [0.2, 0.25) is 0 Å². The van der Waals surface area contributed by atoms with Crippen LogP contribution in [0.2, 0.25) is 0 Å². The smallest absolute Gasteiger partial charge is 0.335 e. The lowest BCUT2D eigenvalue weighted by atomic mass is 9.53. The minimum absolute atomic E-state index is 0.0507. The van der Waals surface area contributed by atoms with Gasteiger partial charge in [-0.15, -0.1) is 0 Å². The second-order valence-electron chi connectivity index (χ2n) is 17.0. The van der Waals surface area contributed by atoms with E-state index in [2.05, 4.69) is 53.8 Å². The summed E-state index contributed by atoms with van der Waals surface area (Å²) in [4.78, 5) is 55.2. The fraction of sp³-hybridized carbons (Fsp3) is 0.581. The summed E-state index contributed by atoms with van der Waals surface area (Å²) in [5.41, 5.74) is 6.62. The van der Waals surface area contributed by atoms with Gasteiger partial charge in [0.15, 0.2) is 5.78 Å². The third kappa shape index (κ3) is 3.73. The maximum absolute atomic E-state index is 14.7. The summed E-state index contributed by atoms with van der Waals surface area (Å²) in [6, 6.07) is 4.52. The first kappa shape index (κ1) is 33.5. The molecule has 53 heavy (non-hydrogen) atoms.